The number of aromatic nitrogens is 1. The lowest BCUT2D eigenvalue weighted by atomic mass is 10.00. The van der Waals surface area contributed by atoms with Gasteiger partial charge in [0, 0.05) is 32.7 Å². The highest BCUT2D eigenvalue weighted by Gasteiger charge is 2.18. The van der Waals surface area contributed by atoms with Crippen LogP contribution in [0.15, 0.2) is 230 Å². The molecule has 0 aliphatic heterocycles. The number of rotatable bonds is 8. The highest BCUT2D eigenvalue weighted by molar-refractivity contribution is 7.19. The van der Waals surface area contributed by atoms with Gasteiger partial charge in [0.2, 0.25) is 0 Å². The van der Waals surface area contributed by atoms with Crippen molar-refractivity contribution in [2.45, 2.75) is 0 Å². The van der Waals surface area contributed by atoms with Gasteiger partial charge in [0.05, 0.1) is 24.7 Å². The number of fused-ring (bicyclic) bond motifs is 5. The summed E-state index contributed by atoms with van der Waals surface area (Å²) in [6.45, 7) is 0. The topological polar surface area (TPSA) is 8.17 Å². The summed E-state index contributed by atoms with van der Waals surface area (Å²) in [5.41, 5.74) is 9.16. The number of benzene rings is 9. The van der Waals surface area contributed by atoms with Crippen LogP contribution in [0.3, 0.4) is 0 Å². The Balaban J connectivity index is 0.968. The van der Waals surface area contributed by atoms with Crippen molar-refractivity contribution in [2.24, 2.45) is 0 Å². The number of para-hydroxylation sites is 1. The van der Waals surface area contributed by atoms with Gasteiger partial charge in [-0.1, -0.05) is 170 Å². The lowest BCUT2D eigenvalue weighted by molar-refractivity contribution is 1.18. The molecule has 9 aromatic carbocycles. The third-order valence-corrected chi connectivity index (χ3v) is 11.9. The van der Waals surface area contributed by atoms with Gasteiger partial charge in [0.15, 0.2) is 0 Å². The Bertz CT molecular complexity index is 3660. The van der Waals surface area contributed by atoms with E-state index >= 15 is 0 Å². The van der Waals surface area contributed by atoms with Gasteiger partial charge in [0.25, 0.3) is 0 Å². The first kappa shape index (κ1) is 25.7. The van der Waals surface area contributed by atoms with Crippen LogP contribution < -0.4 is 4.90 Å². The maximum absolute atomic E-state index is 8.56. The molecule has 0 N–H and O–H groups in total. The zero-order valence-corrected chi connectivity index (χ0v) is 32.3. The van der Waals surface area contributed by atoms with Crippen molar-refractivity contribution in [1.29, 1.82) is 0 Å². The molecule has 59 heavy (non-hydrogen) atoms. The molecule has 0 aliphatic rings. The number of nitrogens with zero attached hydrogens (tertiary/aromatic N) is 2. The molecule has 0 bridgehead atoms. The van der Waals surface area contributed by atoms with Gasteiger partial charge in [-0.25, -0.2) is 0 Å². The summed E-state index contributed by atoms with van der Waals surface area (Å²) in [5, 5.41) is 5.69. The maximum Gasteiger partial charge on any atom is 0.101 e. The molecule has 0 atom stereocenters. The van der Waals surface area contributed by atoms with Crippen molar-refractivity contribution in [3.63, 3.8) is 0 Å². The minimum atomic E-state index is -0.453. The molecule has 0 unspecified atom stereocenters. The van der Waals surface area contributed by atoms with Crippen molar-refractivity contribution in [2.75, 3.05) is 4.90 Å². The lowest BCUT2D eigenvalue weighted by Crippen LogP contribution is -2.08. The van der Waals surface area contributed by atoms with Crippen LogP contribution in [0.4, 0.5) is 16.4 Å². The Morgan fingerprint density at radius 2 is 0.966 bits per heavy atom. The molecule has 11 aromatic rings. The Kier molecular flexibility index (Phi) is 6.45. The van der Waals surface area contributed by atoms with Crippen molar-refractivity contribution in [1.82, 2.24) is 4.57 Å². The molecule has 11 rings (SSSR count). The fraction of sp³-hybridized carbons (Fsp3) is 0. The first-order valence-corrected chi connectivity index (χ1v) is 20.1. The molecule has 3 heteroatoms. The minimum Gasteiger partial charge on any atom is -0.309 e. The monoisotopic (exact) mass is 780 g/mol. The summed E-state index contributed by atoms with van der Waals surface area (Å²) in [7, 11) is 0. The van der Waals surface area contributed by atoms with E-state index in [0.29, 0.717) is 11.1 Å². The van der Waals surface area contributed by atoms with Crippen LogP contribution in [0.1, 0.15) is 13.7 Å². The zero-order chi connectivity index (χ0) is 47.8. The van der Waals surface area contributed by atoms with Gasteiger partial charge in [-0.05, 0) is 110 Å². The van der Waals surface area contributed by atoms with Gasteiger partial charge in [0.1, 0.15) is 5.00 Å². The molecule has 2 aromatic heterocycles. The number of anilines is 3. The zero-order valence-electron chi connectivity index (χ0n) is 41.5. The van der Waals surface area contributed by atoms with E-state index in [9.17, 15) is 0 Å². The molecule has 2 heterocycles. The second kappa shape index (κ2) is 14.8. The SMILES string of the molecule is [2H]c1c([2H])c([2H])c(-c2ccc(N(c3ccc(-c4c([2H])c([2H])c([2H])c([2H])c4[2H])cc3)c3ccc(-c4ccc(-c5ccc6c7c8ccccc8ccc7n(-c7ccccc7)c6c5)cc4)s3)cc2)c([2H])c1[2H]. The Morgan fingerprint density at radius 1 is 0.407 bits per heavy atom. The summed E-state index contributed by atoms with van der Waals surface area (Å²) in [5.74, 6) is 0. The van der Waals surface area contributed by atoms with Gasteiger partial charge in [-0.2, -0.15) is 0 Å². The first-order chi connectivity index (χ1) is 33.4. The molecular weight excluding hydrogens is 733 g/mol. The van der Waals surface area contributed by atoms with E-state index in [1.54, 1.807) is 35.6 Å². The lowest BCUT2D eigenvalue weighted by Gasteiger charge is -2.24. The molecule has 0 amide bonds. The van der Waals surface area contributed by atoms with Gasteiger partial charge >= 0.3 is 0 Å². The van der Waals surface area contributed by atoms with Crippen molar-refractivity contribution in [3.05, 3.63) is 230 Å². The molecule has 0 fully saturated rings. The van der Waals surface area contributed by atoms with Crippen LogP contribution in [0, 0.1) is 0 Å². The first-order valence-electron chi connectivity index (χ1n) is 24.3. The van der Waals surface area contributed by atoms with Gasteiger partial charge < -0.3 is 9.47 Å². The fourth-order valence-corrected chi connectivity index (χ4v) is 9.05. The summed E-state index contributed by atoms with van der Waals surface area (Å²) in [4.78, 5) is 3.05. The standard InChI is InChI=1S/C56H38N2S/c1-4-12-39(13-5-1)41-24-30-48(31-25-41)57(49-32-26-42(27-33-49)40-14-6-2-7-15-40)55-37-36-54(59-55)45-22-20-43(21-23-45)46-28-34-51-53(38-46)58(47-17-8-3-9-18-47)52-35-29-44-16-10-11-19-50(44)56(51)52/h1-38H/i1D,2D,4D,5D,6D,7D,12D,13D,14D,15D. The quantitative estimate of drug-likeness (QED) is 0.149. The van der Waals surface area contributed by atoms with Gasteiger partial charge in [-0.15, -0.1) is 11.3 Å². The van der Waals surface area contributed by atoms with E-state index in [1.165, 1.54) is 21.5 Å². The molecule has 0 spiro atoms. The summed E-state index contributed by atoms with van der Waals surface area (Å²) in [6.07, 6.45) is 0. The van der Waals surface area contributed by atoms with Gasteiger partial charge in [-0.3, -0.25) is 0 Å². The highest BCUT2D eigenvalue weighted by Crippen LogP contribution is 2.44. The number of hydrogen-bond acceptors (Lipinski definition) is 2. The summed E-state index contributed by atoms with van der Waals surface area (Å²) in [6, 6.07) is 53.4. The number of thiophene rings is 1. The van der Waals surface area contributed by atoms with Crippen molar-refractivity contribution in [3.8, 4) is 49.5 Å². The predicted octanol–water partition coefficient (Wildman–Crippen LogP) is 16.1. The Labute approximate surface area is 362 Å². The van der Waals surface area contributed by atoms with Crippen LogP contribution in [-0.2, 0) is 0 Å². The molecular formula is C56H38N2S. The molecule has 2 nitrogen and oxygen atoms in total. The predicted molar refractivity (Wildman–Crippen MR) is 253 cm³/mol. The van der Waals surface area contributed by atoms with Crippen LogP contribution in [0.2, 0.25) is 0 Å². The highest BCUT2D eigenvalue weighted by atomic mass is 32.1. The van der Waals surface area contributed by atoms with E-state index < -0.39 is 36.3 Å². The molecule has 278 valence electrons. The third-order valence-electron chi connectivity index (χ3n) is 10.8. The molecule has 0 aliphatic carbocycles. The second-order valence-electron chi connectivity index (χ2n) is 14.2. The summed E-state index contributed by atoms with van der Waals surface area (Å²) >= 11 is 1.57. The van der Waals surface area contributed by atoms with Crippen LogP contribution >= 0.6 is 11.3 Å². The molecule has 0 radical (unpaired) electrons. The minimum absolute atomic E-state index is 0.107. The van der Waals surface area contributed by atoms with Crippen LogP contribution in [-0.4, -0.2) is 4.57 Å². The van der Waals surface area contributed by atoms with Crippen molar-refractivity contribution >= 4 is 60.3 Å². The Morgan fingerprint density at radius 3 is 1.63 bits per heavy atom. The Hall–Kier alpha value is -7.46. The van der Waals surface area contributed by atoms with Crippen molar-refractivity contribution < 1.29 is 13.7 Å². The van der Waals surface area contributed by atoms with Crippen LogP contribution in [0.5, 0.6) is 0 Å². The maximum atomic E-state index is 8.56. The number of hydrogen-bond donors (Lipinski definition) is 0. The van der Waals surface area contributed by atoms with E-state index in [1.807, 2.05) is 41.3 Å². The smallest absolute Gasteiger partial charge is 0.101 e. The average Bonchev–Trinajstić information content (AvgIpc) is 4.01. The average molecular weight is 781 g/mol. The van der Waals surface area contributed by atoms with E-state index in [4.69, 9.17) is 13.7 Å². The normalized spacial score (nSPS) is 13.8. The van der Waals surface area contributed by atoms with E-state index in [2.05, 4.69) is 114 Å². The largest absolute Gasteiger partial charge is 0.309 e. The van der Waals surface area contributed by atoms with Crippen LogP contribution in [0.25, 0.3) is 82.1 Å². The van der Waals surface area contributed by atoms with E-state index in [0.717, 1.165) is 54.7 Å². The third kappa shape index (κ3) is 6.39. The summed E-state index contributed by atoms with van der Waals surface area (Å²) < 4.78 is 85.6. The molecule has 0 saturated carbocycles. The van der Waals surface area contributed by atoms with E-state index in [-0.39, 0.29) is 35.3 Å². The second-order valence-corrected chi connectivity index (χ2v) is 15.3. The molecule has 0 saturated heterocycles. The fourth-order valence-electron chi connectivity index (χ4n) is 8.00.